The summed E-state index contributed by atoms with van der Waals surface area (Å²) in [5.74, 6) is -9.92. The number of carbonyl (C=O) groups excluding carboxylic acids is 7. The number of carbonyl (C=O) groups is 7. The van der Waals surface area contributed by atoms with Crippen molar-refractivity contribution in [1.82, 2.24) is 47.5 Å². The van der Waals surface area contributed by atoms with Crippen molar-refractivity contribution in [1.29, 1.82) is 0 Å². The number of fused-ring (bicyclic) bond motifs is 1. The Labute approximate surface area is 543 Å². The number of H-pyrrole nitrogens is 1. The molecule has 32 heteroatoms. The molecule has 7 amide bonds. The van der Waals surface area contributed by atoms with Crippen LogP contribution in [0.25, 0.3) is 10.9 Å². The first-order valence-electron chi connectivity index (χ1n) is 30.5. The Morgan fingerprint density at radius 3 is 2.02 bits per heavy atom. The number of amides is 7. The summed E-state index contributed by atoms with van der Waals surface area (Å²) in [6.07, 6.45) is -15.8. The van der Waals surface area contributed by atoms with Crippen LogP contribution in [0.5, 0.6) is 0 Å². The molecule has 3 saturated heterocycles. The van der Waals surface area contributed by atoms with Gasteiger partial charge in [0.15, 0.2) is 6.29 Å². The summed E-state index contributed by atoms with van der Waals surface area (Å²) in [4.78, 5) is 106. The molecule has 0 spiro atoms. The number of nitrogens with two attached hydrogens (primary N) is 1. The number of aromatic amines is 1. The highest BCUT2D eigenvalue weighted by molar-refractivity contribution is 8.76. The van der Waals surface area contributed by atoms with E-state index in [1.165, 1.54) is 13.8 Å². The van der Waals surface area contributed by atoms with Crippen LogP contribution < -0.4 is 48.3 Å². The molecule has 19 atom stereocenters. The average Bonchev–Trinajstić information content (AvgIpc) is 1.18. The predicted octanol–water partition coefficient (Wildman–Crippen LogP) is -5.55. The maximum Gasteiger partial charge on any atom is 0.245 e. The van der Waals surface area contributed by atoms with Crippen molar-refractivity contribution >= 4 is 73.8 Å². The molecular formula is C61H86N10O20S2. The van der Waals surface area contributed by atoms with Gasteiger partial charge in [-0.15, -0.1) is 0 Å². The van der Waals surface area contributed by atoms with E-state index in [-0.39, 0.29) is 50.2 Å². The van der Waals surface area contributed by atoms with Gasteiger partial charge < -0.3 is 119 Å². The van der Waals surface area contributed by atoms with Crippen molar-refractivity contribution in [2.75, 3.05) is 44.4 Å². The zero-order valence-electron chi connectivity index (χ0n) is 51.2. The third kappa shape index (κ3) is 20.3. The SMILES string of the molecule is CC(O)C(CO)NC(=O)C1CSSCC(NC(=O)C(Cc2ccccc2)NC[C@@]2(O)OCC(O)C(OC3OC(CO)C(O)C(O)C3O)C2O)C(=O)NC(Cc2ccccc2)C(=O)NC(Cc2c[nH]c3ccccc23)C(=O)NC(CCCCN)C(=O)NC(C(C)O)C(=O)N1. The molecule has 0 radical (unpaired) electrons. The molecule has 93 heavy (non-hydrogen) atoms. The van der Waals surface area contributed by atoms with Gasteiger partial charge in [-0.1, -0.05) is 100 Å². The highest BCUT2D eigenvalue weighted by Gasteiger charge is 2.53. The van der Waals surface area contributed by atoms with E-state index in [1.54, 1.807) is 91.1 Å². The predicted molar refractivity (Wildman–Crippen MR) is 337 cm³/mol. The Morgan fingerprint density at radius 2 is 1.37 bits per heavy atom. The zero-order valence-corrected chi connectivity index (χ0v) is 52.8. The van der Waals surface area contributed by atoms with Crippen molar-refractivity contribution in [2.24, 2.45) is 5.73 Å². The normalized spacial score (nSPS) is 30.3. The number of rotatable bonds is 23. The van der Waals surface area contributed by atoms with Gasteiger partial charge in [-0.25, -0.2) is 0 Å². The van der Waals surface area contributed by atoms with Crippen molar-refractivity contribution < 1.29 is 98.8 Å². The Bertz CT molecular complexity index is 3090. The third-order valence-electron chi connectivity index (χ3n) is 16.2. The summed E-state index contributed by atoms with van der Waals surface area (Å²) in [7, 11) is 1.82. The molecule has 3 aliphatic heterocycles. The van der Waals surface area contributed by atoms with Crippen molar-refractivity contribution in [3.8, 4) is 0 Å². The van der Waals surface area contributed by atoms with Crippen molar-refractivity contribution in [3.63, 3.8) is 0 Å². The Kier molecular flexibility index (Phi) is 28.1. The molecule has 4 heterocycles. The lowest BCUT2D eigenvalue weighted by Gasteiger charge is -2.47. The molecule has 0 aliphatic carbocycles. The standard InChI is InChI=1S/C61H86N10O20S2/c1-31(74)42(25-72)68-58(86)44-29-93-92-28-43(69-54(82)39(21-33-13-5-3-6-14-33)64-30-61(88)52(80)51(45(76)27-89-61)91-60-50(79)49(78)48(77)46(26-73)90-60)57(85)66-40(22-34-15-7-4-8-16-34)55(83)67-41(23-35-24-63-37-18-10-9-17-36(35)37)56(84)65-38(19-11-12-20-62)53(81)71-47(32(2)75)59(87)70-44/h3-10,13-18,24,31-32,38-52,60,63-64,72-80,88H,11-12,19-23,25-30,62H2,1-2H3,(H,65,84)(H,66,85)(H,67,83)(H,68,86)(H,69,82)(H,70,87)(H,71,81)/t31?,32?,38?,39?,40?,41?,42?,43?,44?,45?,46?,47?,48?,49?,50?,51?,52?,60?,61-/m1/s1. The minimum absolute atomic E-state index is 0.0380. The molecule has 512 valence electrons. The van der Waals surface area contributed by atoms with Crippen LogP contribution in [0, 0.1) is 0 Å². The number of ether oxygens (including phenoxy) is 3. The number of hydrogen-bond acceptors (Lipinski definition) is 24. The first-order valence-corrected chi connectivity index (χ1v) is 33.0. The number of benzene rings is 3. The number of nitrogens with one attached hydrogen (secondary N) is 9. The minimum Gasteiger partial charge on any atom is -0.394 e. The van der Waals surface area contributed by atoms with Crippen molar-refractivity contribution in [2.45, 2.75) is 168 Å². The number of hydrogen-bond donors (Lipinski definition) is 20. The molecule has 0 bridgehead atoms. The molecular weight excluding hydrogens is 1260 g/mol. The lowest BCUT2D eigenvalue weighted by atomic mass is 9.95. The van der Waals surface area contributed by atoms with Crippen LogP contribution in [-0.4, -0.2) is 257 Å². The highest BCUT2D eigenvalue weighted by Crippen LogP contribution is 2.31. The highest BCUT2D eigenvalue weighted by atomic mass is 33.1. The van der Waals surface area contributed by atoms with Crippen LogP contribution in [0.15, 0.2) is 91.1 Å². The van der Waals surface area contributed by atoms with E-state index in [4.69, 9.17) is 19.9 Å². The largest absolute Gasteiger partial charge is 0.394 e. The van der Waals surface area contributed by atoms with Gasteiger partial charge in [0.05, 0.1) is 50.7 Å². The van der Waals surface area contributed by atoms with Crippen LogP contribution >= 0.6 is 21.6 Å². The summed E-state index contributed by atoms with van der Waals surface area (Å²) in [5, 5.41) is 129. The summed E-state index contributed by atoms with van der Waals surface area (Å²) in [6, 6.07) is 12.2. The fourth-order valence-corrected chi connectivity index (χ4v) is 13.0. The lowest BCUT2D eigenvalue weighted by molar-refractivity contribution is -0.367. The average molecular weight is 1340 g/mol. The molecule has 3 aliphatic rings. The van der Waals surface area contributed by atoms with E-state index >= 15 is 14.4 Å². The number of aliphatic hydroxyl groups excluding tert-OH is 9. The fraction of sp³-hybridized carbons (Fsp3) is 0.557. The summed E-state index contributed by atoms with van der Waals surface area (Å²) < 4.78 is 16.7. The van der Waals surface area contributed by atoms with Crippen molar-refractivity contribution in [3.05, 3.63) is 108 Å². The van der Waals surface area contributed by atoms with Gasteiger partial charge in [-0.3, -0.25) is 33.6 Å². The van der Waals surface area contributed by atoms with Gasteiger partial charge in [-0.2, -0.15) is 0 Å². The molecule has 3 fully saturated rings. The van der Waals surface area contributed by atoms with Crippen LogP contribution in [0.4, 0.5) is 0 Å². The Morgan fingerprint density at radius 1 is 0.742 bits per heavy atom. The summed E-state index contributed by atoms with van der Waals surface area (Å²) >= 11 is 0. The lowest BCUT2D eigenvalue weighted by Crippen LogP contribution is -2.68. The topological polar surface area (TPSA) is 488 Å². The monoisotopic (exact) mass is 1340 g/mol. The van der Waals surface area contributed by atoms with Gasteiger partial charge in [0.1, 0.15) is 79.0 Å². The second kappa shape index (κ2) is 35.4. The molecule has 0 saturated carbocycles. The summed E-state index contributed by atoms with van der Waals surface area (Å²) in [6.45, 7) is -0.343. The van der Waals surface area contributed by atoms with Gasteiger partial charge >= 0.3 is 0 Å². The first-order chi connectivity index (χ1) is 44.4. The molecule has 18 unspecified atom stereocenters. The smallest absolute Gasteiger partial charge is 0.245 e. The Balaban J connectivity index is 1.25. The molecule has 30 nitrogen and oxygen atoms in total. The van der Waals surface area contributed by atoms with E-state index < -0.39 is 183 Å². The third-order valence-corrected chi connectivity index (χ3v) is 18.6. The van der Waals surface area contributed by atoms with Gasteiger partial charge in [0, 0.05) is 41.4 Å². The van der Waals surface area contributed by atoms with Crippen LogP contribution in [0.3, 0.4) is 0 Å². The zero-order chi connectivity index (χ0) is 67.5. The van der Waals surface area contributed by atoms with Crippen LogP contribution in [0.1, 0.15) is 49.8 Å². The van der Waals surface area contributed by atoms with Crippen LogP contribution in [0.2, 0.25) is 0 Å². The molecule has 7 rings (SSSR count). The molecule has 4 aromatic rings. The number of aromatic nitrogens is 1. The van der Waals surface area contributed by atoms with Gasteiger partial charge in [-0.05, 0) is 68.8 Å². The van der Waals surface area contributed by atoms with Gasteiger partial charge in [0.2, 0.25) is 47.1 Å². The van der Waals surface area contributed by atoms with Crippen LogP contribution in [-0.2, 0) is 67.0 Å². The first kappa shape index (κ1) is 74.0. The second-order valence-electron chi connectivity index (χ2n) is 23.3. The van der Waals surface area contributed by atoms with E-state index in [0.29, 0.717) is 34.0 Å². The summed E-state index contributed by atoms with van der Waals surface area (Å²) in [5.41, 5.74) is 8.20. The Hall–Kier alpha value is -6.41. The number of unbranched alkanes of at least 4 members (excludes halogenated alkanes) is 1. The van der Waals surface area contributed by atoms with E-state index in [2.05, 4.69) is 47.5 Å². The number of para-hydroxylation sites is 1. The number of aliphatic hydroxyl groups is 10. The van der Waals surface area contributed by atoms with E-state index in [0.717, 1.165) is 21.6 Å². The molecule has 3 aromatic carbocycles. The van der Waals surface area contributed by atoms with E-state index in [9.17, 15) is 70.2 Å². The second-order valence-corrected chi connectivity index (χ2v) is 25.8. The minimum atomic E-state index is -2.70. The van der Waals surface area contributed by atoms with Gasteiger partial charge in [0.25, 0.3) is 0 Å². The quantitative estimate of drug-likeness (QED) is 0.0243. The maximum absolute atomic E-state index is 15.2. The van der Waals surface area contributed by atoms with E-state index in [1.807, 2.05) is 0 Å². The molecule has 1 aromatic heterocycles. The maximum atomic E-state index is 15.2. The fourth-order valence-electron chi connectivity index (χ4n) is 10.7. The molecule has 21 N–H and O–H groups in total.